The number of piperidine rings is 1. The number of hydrogen-bond acceptors (Lipinski definition) is 4. The van der Waals surface area contributed by atoms with Crippen molar-refractivity contribution in [1.29, 1.82) is 0 Å². The lowest BCUT2D eigenvalue weighted by molar-refractivity contribution is 0.0608. The summed E-state index contributed by atoms with van der Waals surface area (Å²) in [6.07, 6.45) is 3.20. The van der Waals surface area contributed by atoms with E-state index in [1.165, 1.54) is 6.33 Å². The SMILES string of the molecule is CN(C)C1CCCN(C(=O)c2nc[nH]c2C(=O)O)C1. The molecule has 104 valence electrons. The van der Waals surface area contributed by atoms with Gasteiger partial charge < -0.3 is 19.9 Å². The maximum absolute atomic E-state index is 12.3. The molecule has 2 N–H and O–H groups in total. The van der Waals surface area contributed by atoms with Crippen LogP contribution in [0.25, 0.3) is 0 Å². The third-order valence-electron chi connectivity index (χ3n) is 3.47. The quantitative estimate of drug-likeness (QED) is 0.820. The Hall–Kier alpha value is -1.89. The van der Waals surface area contributed by atoms with Gasteiger partial charge in [0.2, 0.25) is 0 Å². The molecule has 1 fully saturated rings. The van der Waals surface area contributed by atoms with Gasteiger partial charge >= 0.3 is 5.97 Å². The summed E-state index contributed by atoms with van der Waals surface area (Å²) in [5.74, 6) is -1.48. The monoisotopic (exact) mass is 266 g/mol. The van der Waals surface area contributed by atoms with E-state index in [1.807, 2.05) is 14.1 Å². The summed E-state index contributed by atoms with van der Waals surface area (Å²) in [5.41, 5.74) is -0.149. The van der Waals surface area contributed by atoms with Gasteiger partial charge in [0.05, 0.1) is 6.33 Å². The number of nitrogens with one attached hydrogen (secondary N) is 1. The molecule has 1 atom stereocenters. The van der Waals surface area contributed by atoms with E-state index in [1.54, 1.807) is 4.90 Å². The molecule has 1 unspecified atom stereocenters. The Bertz CT molecular complexity index is 483. The van der Waals surface area contributed by atoms with E-state index in [2.05, 4.69) is 14.9 Å². The van der Waals surface area contributed by atoms with E-state index in [4.69, 9.17) is 5.11 Å². The van der Waals surface area contributed by atoms with Crippen molar-refractivity contribution in [2.24, 2.45) is 0 Å². The molecular weight excluding hydrogens is 248 g/mol. The van der Waals surface area contributed by atoms with Crippen LogP contribution >= 0.6 is 0 Å². The summed E-state index contributed by atoms with van der Waals surface area (Å²) in [5, 5.41) is 8.99. The van der Waals surface area contributed by atoms with Crippen molar-refractivity contribution in [2.45, 2.75) is 18.9 Å². The number of carboxylic acids is 1. The number of H-pyrrole nitrogens is 1. The van der Waals surface area contributed by atoms with Gasteiger partial charge in [-0.25, -0.2) is 9.78 Å². The van der Waals surface area contributed by atoms with Crippen LogP contribution in [0.15, 0.2) is 6.33 Å². The standard InChI is InChI=1S/C12H18N4O3/c1-15(2)8-4-3-5-16(6-8)11(17)9-10(12(18)19)14-7-13-9/h7-8H,3-6H2,1-2H3,(H,13,14)(H,18,19). The molecule has 1 aromatic heterocycles. The van der Waals surface area contributed by atoms with Gasteiger partial charge in [-0.05, 0) is 26.9 Å². The van der Waals surface area contributed by atoms with Crippen molar-refractivity contribution in [3.63, 3.8) is 0 Å². The number of aromatic carboxylic acids is 1. The van der Waals surface area contributed by atoms with Crippen molar-refractivity contribution in [3.05, 3.63) is 17.7 Å². The number of likely N-dealkylation sites (N-methyl/N-ethyl adjacent to an activating group) is 1. The third kappa shape index (κ3) is 2.76. The van der Waals surface area contributed by atoms with Gasteiger partial charge in [-0.15, -0.1) is 0 Å². The number of amides is 1. The highest BCUT2D eigenvalue weighted by Crippen LogP contribution is 2.17. The second kappa shape index (κ2) is 5.40. The minimum Gasteiger partial charge on any atom is -0.477 e. The number of nitrogens with zero attached hydrogens (tertiary/aromatic N) is 3. The first-order chi connectivity index (χ1) is 9.00. The lowest BCUT2D eigenvalue weighted by Gasteiger charge is -2.35. The Morgan fingerprint density at radius 2 is 2.26 bits per heavy atom. The molecule has 0 bridgehead atoms. The summed E-state index contributed by atoms with van der Waals surface area (Å²) in [6.45, 7) is 1.26. The molecule has 1 aliphatic rings. The number of imidazole rings is 1. The second-order valence-corrected chi connectivity index (χ2v) is 4.94. The van der Waals surface area contributed by atoms with Crippen LogP contribution in [0, 0.1) is 0 Å². The van der Waals surface area contributed by atoms with Crippen LogP contribution in [0.5, 0.6) is 0 Å². The molecule has 7 nitrogen and oxygen atoms in total. The Morgan fingerprint density at radius 3 is 2.89 bits per heavy atom. The molecule has 19 heavy (non-hydrogen) atoms. The Morgan fingerprint density at radius 1 is 1.53 bits per heavy atom. The molecule has 1 saturated heterocycles. The van der Waals surface area contributed by atoms with Gasteiger partial charge in [-0.2, -0.15) is 0 Å². The number of rotatable bonds is 3. The Labute approximate surface area is 111 Å². The van der Waals surface area contributed by atoms with Crippen LogP contribution in [-0.2, 0) is 0 Å². The van der Waals surface area contributed by atoms with E-state index in [0.29, 0.717) is 19.1 Å². The molecule has 1 aliphatic heterocycles. The maximum Gasteiger partial charge on any atom is 0.354 e. The summed E-state index contributed by atoms with van der Waals surface area (Å²) < 4.78 is 0. The largest absolute Gasteiger partial charge is 0.477 e. The van der Waals surface area contributed by atoms with Gasteiger partial charge in [-0.1, -0.05) is 0 Å². The first-order valence-electron chi connectivity index (χ1n) is 6.23. The number of carbonyl (C=O) groups excluding carboxylic acids is 1. The number of hydrogen-bond donors (Lipinski definition) is 2. The van der Waals surface area contributed by atoms with Crippen LogP contribution in [0.4, 0.5) is 0 Å². The topological polar surface area (TPSA) is 89.5 Å². The zero-order valence-electron chi connectivity index (χ0n) is 11.1. The van der Waals surface area contributed by atoms with Gasteiger partial charge in [0.25, 0.3) is 5.91 Å². The van der Waals surface area contributed by atoms with E-state index >= 15 is 0 Å². The molecular formula is C12H18N4O3. The van der Waals surface area contributed by atoms with E-state index < -0.39 is 5.97 Å². The molecule has 0 aliphatic carbocycles. The van der Waals surface area contributed by atoms with Crippen LogP contribution in [0.1, 0.15) is 33.8 Å². The third-order valence-corrected chi connectivity index (χ3v) is 3.47. The normalized spacial score (nSPS) is 19.7. The minimum atomic E-state index is -1.16. The Balaban J connectivity index is 2.15. The zero-order valence-corrected chi connectivity index (χ0v) is 11.1. The lowest BCUT2D eigenvalue weighted by Crippen LogP contribution is -2.47. The number of aromatic nitrogens is 2. The van der Waals surface area contributed by atoms with Crippen molar-refractivity contribution in [2.75, 3.05) is 27.2 Å². The highest BCUT2D eigenvalue weighted by atomic mass is 16.4. The van der Waals surface area contributed by atoms with Crippen molar-refractivity contribution >= 4 is 11.9 Å². The average molecular weight is 266 g/mol. The summed E-state index contributed by atoms with van der Waals surface area (Å²) >= 11 is 0. The van der Waals surface area contributed by atoms with Crippen molar-refractivity contribution < 1.29 is 14.7 Å². The maximum atomic E-state index is 12.3. The molecule has 2 rings (SSSR count). The number of carboxylic acid groups (broad SMARTS) is 1. The fourth-order valence-electron chi connectivity index (χ4n) is 2.33. The molecule has 1 aromatic rings. The van der Waals surface area contributed by atoms with E-state index in [9.17, 15) is 9.59 Å². The predicted octanol–water partition coefficient (Wildman–Crippen LogP) is 0.274. The molecule has 0 radical (unpaired) electrons. The highest BCUT2D eigenvalue weighted by Gasteiger charge is 2.29. The van der Waals surface area contributed by atoms with E-state index in [-0.39, 0.29) is 17.3 Å². The molecule has 1 amide bonds. The molecule has 0 aromatic carbocycles. The Kier molecular flexibility index (Phi) is 3.84. The second-order valence-electron chi connectivity index (χ2n) is 4.94. The van der Waals surface area contributed by atoms with Crippen LogP contribution in [0.2, 0.25) is 0 Å². The van der Waals surface area contributed by atoms with Crippen LogP contribution in [-0.4, -0.2) is 70.0 Å². The molecule has 7 heteroatoms. The molecule has 2 heterocycles. The first kappa shape index (κ1) is 13.5. The smallest absolute Gasteiger partial charge is 0.354 e. The lowest BCUT2D eigenvalue weighted by atomic mass is 10.0. The van der Waals surface area contributed by atoms with Gasteiger partial charge in [0.15, 0.2) is 11.4 Å². The van der Waals surface area contributed by atoms with E-state index in [0.717, 1.165) is 12.8 Å². The van der Waals surface area contributed by atoms with Gasteiger partial charge in [0.1, 0.15) is 0 Å². The zero-order chi connectivity index (χ0) is 14.0. The summed E-state index contributed by atoms with van der Waals surface area (Å²) in [4.78, 5) is 33.4. The summed E-state index contributed by atoms with van der Waals surface area (Å²) in [6, 6.07) is 0.310. The molecule has 0 spiro atoms. The number of aromatic amines is 1. The first-order valence-corrected chi connectivity index (χ1v) is 6.23. The van der Waals surface area contributed by atoms with Gasteiger partial charge in [0, 0.05) is 19.1 Å². The highest BCUT2D eigenvalue weighted by molar-refractivity contribution is 6.02. The molecule has 0 saturated carbocycles. The van der Waals surface area contributed by atoms with Gasteiger partial charge in [-0.3, -0.25) is 4.79 Å². The fourth-order valence-corrected chi connectivity index (χ4v) is 2.33. The van der Waals surface area contributed by atoms with Crippen LogP contribution < -0.4 is 0 Å². The average Bonchev–Trinajstić information content (AvgIpc) is 2.87. The van der Waals surface area contributed by atoms with Crippen LogP contribution in [0.3, 0.4) is 0 Å². The van der Waals surface area contributed by atoms with Crippen molar-refractivity contribution in [3.8, 4) is 0 Å². The number of carbonyl (C=O) groups is 2. The predicted molar refractivity (Wildman–Crippen MR) is 68.2 cm³/mol. The minimum absolute atomic E-state index is 0.00749. The number of likely N-dealkylation sites (tertiary alicyclic amines) is 1. The fraction of sp³-hybridized carbons (Fsp3) is 0.583. The van der Waals surface area contributed by atoms with Crippen molar-refractivity contribution in [1.82, 2.24) is 19.8 Å². The summed E-state index contributed by atoms with van der Waals surface area (Å²) in [7, 11) is 3.96.